The highest BCUT2D eigenvalue weighted by molar-refractivity contribution is 5.44. The second-order valence-corrected chi connectivity index (χ2v) is 5.89. The number of hydrogen-bond acceptors (Lipinski definition) is 2. The first-order valence-corrected chi connectivity index (χ1v) is 7.20. The maximum Gasteiger partial charge on any atom is 0.123 e. The Balaban J connectivity index is 1.77. The number of aliphatic hydroxyl groups excluding tert-OH is 1. The predicted molar refractivity (Wildman–Crippen MR) is 71.8 cm³/mol. The zero-order valence-electron chi connectivity index (χ0n) is 11.1. The van der Waals surface area contributed by atoms with Crippen LogP contribution in [0, 0.1) is 5.92 Å². The van der Waals surface area contributed by atoms with E-state index >= 15 is 0 Å². The van der Waals surface area contributed by atoms with Gasteiger partial charge in [-0.2, -0.15) is 0 Å². The van der Waals surface area contributed by atoms with Crippen molar-refractivity contribution < 1.29 is 9.84 Å². The van der Waals surface area contributed by atoms with Crippen LogP contribution < -0.4 is 4.74 Å². The molecule has 98 valence electrons. The third-order valence-electron chi connectivity index (χ3n) is 4.38. The number of hydrogen-bond donors (Lipinski definition) is 1. The number of ether oxygens (including phenoxy) is 1. The molecule has 3 atom stereocenters. The van der Waals surface area contributed by atoms with Crippen LogP contribution in [-0.4, -0.2) is 11.2 Å². The molecule has 18 heavy (non-hydrogen) atoms. The molecule has 1 saturated carbocycles. The summed E-state index contributed by atoms with van der Waals surface area (Å²) in [4.78, 5) is 0. The topological polar surface area (TPSA) is 29.5 Å². The van der Waals surface area contributed by atoms with Crippen LogP contribution >= 0.6 is 0 Å². The second kappa shape index (κ2) is 4.93. The Hall–Kier alpha value is -1.02. The van der Waals surface area contributed by atoms with Gasteiger partial charge >= 0.3 is 0 Å². The van der Waals surface area contributed by atoms with E-state index in [4.69, 9.17) is 4.74 Å². The lowest BCUT2D eigenvalue weighted by atomic mass is 9.88. The molecule has 0 heterocycles. The first-order chi connectivity index (χ1) is 8.74. The molecular formula is C16H22O2. The van der Waals surface area contributed by atoms with Crippen LogP contribution in [0.4, 0.5) is 0 Å². The molecule has 0 amide bonds. The van der Waals surface area contributed by atoms with E-state index in [1.54, 1.807) is 0 Å². The highest BCUT2D eigenvalue weighted by atomic mass is 16.5. The minimum Gasteiger partial charge on any atom is -0.490 e. The summed E-state index contributed by atoms with van der Waals surface area (Å²) >= 11 is 0. The Bertz CT molecular complexity index is 427. The van der Waals surface area contributed by atoms with E-state index < -0.39 is 0 Å². The fourth-order valence-electron chi connectivity index (χ4n) is 3.37. The van der Waals surface area contributed by atoms with Crippen molar-refractivity contribution in [3.8, 4) is 5.75 Å². The smallest absolute Gasteiger partial charge is 0.123 e. The monoisotopic (exact) mass is 246 g/mol. The summed E-state index contributed by atoms with van der Waals surface area (Å²) in [6, 6.07) is 6.11. The van der Waals surface area contributed by atoms with Gasteiger partial charge in [0.1, 0.15) is 5.75 Å². The van der Waals surface area contributed by atoms with Crippen molar-refractivity contribution in [2.24, 2.45) is 5.92 Å². The maximum atomic E-state index is 9.90. The third-order valence-corrected chi connectivity index (χ3v) is 4.38. The van der Waals surface area contributed by atoms with Gasteiger partial charge in [0.05, 0.1) is 12.2 Å². The predicted octanol–water partition coefficient (Wildman–Crippen LogP) is 3.62. The summed E-state index contributed by atoms with van der Waals surface area (Å²) in [5.41, 5.74) is 2.32. The summed E-state index contributed by atoms with van der Waals surface area (Å²) in [6.45, 7) is 2.31. The minimum absolute atomic E-state index is 0.283. The lowest BCUT2D eigenvalue weighted by molar-refractivity contribution is 0.128. The van der Waals surface area contributed by atoms with Crippen molar-refractivity contribution in [1.29, 1.82) is 0 Å². The van der Waals surface area contributed by atoms with Crippen LogP contribution in [0.3, 0.4) is 0 Å². The minimum atomic E-state index is -0.283. The average Bonchev–Trinajstić information content (AvgIpc) is 2.73. The van der Waals surface area contributed by atoms with Crippen molar-refractivity contribution in [3.05, 3.63) is 29.3 Å². The van der Waals surface area contributed by atoms with Gasteiger partial charge in [-0.05, 0) is 49.7 Å². The molecule has 0 spiro atoms. The lowest BCUT2D eigenvalue weighted by Gasteiger charge is -2.28. The van der Waals surface area contributed by atoms with Crippen LogP contribution in [0.2, 0.25) is 0 Å². The van der Waals surface area contributed by atoms with Crippen molar-refractivity contribution in [3.63, 3.8) is 0 Å². The highest BCUT2D eigenvalue weighted by Crippen LogP contribution is 2.38. The molecule has 0 bridgehead atoms. The summed E-state index contributed by atoms with van der Waals surface area (Å²) in [5.74, 6) is 1.80. The van der Waals surface area contributed by atoms with E-state index in [0.717, 1.165) is 30.1 Å². The van der Waals surface area contributed by atoms with Crippen molar-refractivity contribution in [1.82, 2.24) is 0 Å². The quantitative estimate of drug-likeness (QED) is 0.863. The molecule has 1 aromatic rings. The van der Waals surface area contributed by atoms with Crippen LogP contribution in [0.25, 0.3) is 0 Å². The SMILES string of the molecule is CC1CCCC(Oc2cccc3c2CCC3O)C1. The van der Waals surface area contributed by atoms with Gasteiger partial charge in [-0.25, -0.2) is 0 Å². The van der Waals surface area contributed by atoms with Gasteiger partial charge in [0.25, 0.3) is 0 Å². The maximum absolute atomic E-state index is 9.90. The fraction of sp³-hybridized carbons (Fsp3) is 0.625. The molecule has 0 radical (unpaired) electrons. The summed E-state index contributed by atoms with van der Waals surface area (Å²) in [6.07, 6.45) is 6.86. The Labute approximate surface area is 109 Å². The zero-order valence-corrected chi connectivity index (χ0v) is 11.1. The Morgan fingerprint density at radius 3 is 2.94 bits per heavy atom. The fourth-order valence-corrected chi connectivity index (χ4v) is 3.37. The standard InChI is InChI=1S/C16H22O2/c1-11-4-2-5-12(10-11)18-16-7-3-6-13-14(16)8-9-15(13)17/h3,6-7,11-12,15,17H,2,4-5,8-10H2,1H3. The molecule has 2 aliphatic rings. The van der Waals surface area contributed by atoms with E-state index in [0.29, 0.717) is 6.10 Å². The van der Waals surface area contributed by atoms with Crippen molar-refractivity contribution in [2.75, 3.05) is 0 Å². The molecule has 1 aromatic carbocycles. The molecule has 3 unspecified atom stereocenters. The van der Waals surface area contributed by atoms with E-state index in [-0.39, 0.29) is 6.10 Å². The third kappa shape index (κ3) is 2.26. The molecule has 0 saturated heterocycles. The molecule has 0 aromatic heterocycles. The molecule has 3 rings (SSSR count). The summed E-state index contributed by atoms with van der Waals surface area (Å²) in [5, 5.41) is 9.90. The molecule has 2 nitrogen and oxygen atoms in total. The van der Waals surface area contributed by atoms with Gasteiger partial charge < -0.3 is 9.84 Å². The number of benzene rings is 1. The van der Waals surface area contributed by atoms with E-state index in [2.05, 4.69) is 13.0 Å². The van der Waals surface area contributed by atoms with Gasteiger partial charge in [0, 0.05) is 5.56 Å². The Morgan fingerprint density at radius 1 is 1.22 bits per heavy atom. The zero-order chi connectivity index (χ0) is 12.5. The normalized spacial score (nSPS) is 31.1. The molecular weight excluding hydrogens is 224 g/mol. The van der Waals surface area contributed by atoms with E-state index in [1.807, 2.05) is 12.1 Å². The largest absolute Gasteiger partial charge is 0.490 e. The van der Waals surface area contributed by atoms with Crippen molar-refractivity contribution in [2.45, 2.75) is 57.7 Å². The first-order valence-electron chi connectivity index (χ1n) is 7.20. The Morgan fingerprint density at radius 2 is 2.11 bits per heavy atom. The van der Waals surface area contributed by atoms with Crippen molar-refractivity contribution >= 4 is 0 Å². The summed E-state index contributed by atoms with van der Waals surface area (Å²) < 4.78 is 6.21. The number of fused-ring (bicyclic) bond motifs is 1. The molecule has 2 aliphatic carbocycles. The van der Waals surface area contributed by atoms with Gasteiger partial charge in [-0.3, -0.25) is 0 Å². The van der Waals surface area contributed by atoms with Gasteiger partial charge in [-0.15, -0.1) is 0 Å². The average molecular weight is 246 g/mol. The van der Waals surface area contributed by atoms with E-state index in [1.165, 1.54) is 31.2 Å². The van der Waals surface area contributed by atoms with E-state index in [9.17, 15) is 5.11 Å². The van der Waals surface area contributed by atoms with Crippen LogP contribution in [0.1, 0.15) is 56.3 Å². The molecule has 0 aliphatic heterocycles. The van der Waals surface area contributed by atoms with Gasteiger partial charge in [0.2, 0.25) is 0 Å². The lowest BCUT2D eigenvalue weighted by Crippen LogP contribution is -2.24. The summed E-state index contributed by atoms with van der Waals surface area (Å²) in [7, 11) is 0. The van der Waals surface area contributed by atoms with Crippen LogP contribution in [0.15, 0.2) is 18.2 Å². The number of aliphatic hydroxyl groups is 1. The van der Waals surface area contributed by atoms with Gasteiger partial charge in [0.15, 0.2) is 0 Å². The Kier molecular flexibility index (Phi) is 3.29. The first kappa shape index (κ1) is 12.0. The molecule has 1 fully saturated rings. The number of rotatable bonds is 2. The molecule has 1 N–H and O–H groups in total. The van der Waals surface area contributed by atoms with Crippen LogP contribution in [0.5, 0.6) is 5.75 Å². The molecule has 2 heteroatoms. The highest BCUT2D eigenvalue weighted by Gasteiger charge is 2.26. The van der Waals surface area contributed by atoms with Crippen LogP contribution in [-0.2, 0) is 6.42 Å². The second-order valence-electron chi connectivity index (χ2n) is 5.89. The van der Waals surface area contributed by atoms with Gasteiger partial charge in [-0.1, -0.05) is 25.5 Å².